The molecule has 1 aliphatic carbocycles. The van der Waals surface area contributed by atoms with E-state index >= 15 is 0 Å². The van der Waals surface area contributed by atoms with E-state index < -0.39 is 18.4 Å². The van der Waals surface area contributed by atoms with Gasteiger partial charge in [0.15, 0.2) is 6.23 Å². The molecule has 1 fully saturated rings. The van der Waals surface area contributed by atoms with E-state index in [1.807, 2.05) is 17.0 Å². The summed E-state index contributed by atoms with van der Waals surface area (Å²) in [6.07, 6.45) is -3.34. The molecule has 0 amide bonds. The van der Waals surface area contributed by atoms with Crippen molar-refractivity contribution in [1.29, 1.82) is 0 Å². The Morgan fingerprint density at radius 1 is 1.43 bits per heavy atom. The van der Waals surface area contributed by atoms with Crippen molar-refractivity contribution in [1.82, 2.24) is 0 Å². The number of rotatable bonds is 3. The summed E-state index contributed by atoms with van der Waals surface area (Å²) in [7, 11) is 0. The zero-order valence-corrected chi connectivity index (χ0v) is 13.0. The SMILES string of the molecule is NC(CN1CC2(CCC2)c2c(Cl)cccc21)OC(=O)C(F)(F)F. The summed E-state index contributed by atoms with van der Waals surface area (Å²) in [5.41, 5.74) is 7.41. The Balaban J connectivity index is 1.76. The normalized spacial score (nSPS) is 20.1. The third-order valence-corrected chi connectivity index (χ3v) is 4.87. The van der Waals surface area contributed by atoms with E-state index in [0.717, 1.165) is 30.5 Å². The van der Waals surface area contributed by atoms with Gasteiger partial charge < -0.3 is 9.64 Å². The molecule has 3 rings (SSSR count). The van der Waals surface area contributed by atoms with Gasteiger partial charge in [0, 0.05) is 28.2 Å². The number of halogens is 4. The van der Waals surface area contributed by atoms with E-state index in [1.54, 1.807) is 6.07 Å². The molecule has 1 aliphatic heterocycles. The number of anilines is 1. The molecule has 1 aromatic rings. The lowest BCUT2D eigenvalue weighted by Gasteiger charge is -2.39. The molecule has 0 bridgehead atoms. The van der Waals surface area contributed by atoms with Crippen LogP contribution < -0.4 is 10.6 Å². The maximum atomic E-state index is 12.2. The number of ether oxygens (including phenoxy) is 1. The molecule has 8 heteroatoms. The number of nitrogens with two attached hydrogens (primary N) is 1. The van der Waals surface area contributed by atoms with Crippen LogP contribution >= 0.6 is 11.6 Å². The van der Waals surface area contributed by atoms with Crippen LogP contribution in [0.3, 0.4) is 0 Å². The van der Waals surface area contributed by atoms with Crippen LogP contribution in [0.4, 0.5) is 18.9 Å². The Morgan fingerprint density at radius 2 is 2.13 bits per heavy atom. The van der Waals surface area contributed by atoms with Crippen LogP contribution in [0.2, 0.25) is 5.02 Å². The second-order valence-corrected chi connectivity index (χ2v) is 6.50. The summed E-state index contributed by atoms with van der Waals surface area (Å²) >= 11 is 6.32. The largest absolute Gasteiger partial charge is 0.490 e. The topological polar surface area (TPSA) is 55.6 Å². The van der Waals surface area contributed by atoms with Crippen molar-refractivity contribution < 1.29 is 22.7 Å². The van der Waals surface area contributed by atoms with Crippen molar-refractivity contribution in [3.8, 4) is 0 Å². The standard InChI is InChI=1S/C15H16ClF3N2O2/c16-9-3-1-4-10-12(9)14(5-2-6-14)8-21(10)7-11(20)23-13(22)15(17,18)19/h1,3-4,11H,2,5-8,20H2. The highest BCUT2D eigenvalue weighted by atomic mass is 35.5. The molecule has 2 N–H and O–H groups in total. The Morgan fingerprint density at radius 3 is 2.70 bits per heavy atom. The van der Waals surface area contributed by atoms with Gasteiger partial charge in [-0.25, -0.2) is 4.79 Å². The van der Waals surface area contributed by atoms with Gasteiger partial charge in [-0.15, -0.1) is 0 Å². The highest BCUT2D eigenvalue weighted by Crippen LogP contribution is 2.54. The molecule has 1 unspecified atom stereocenters. The Labute approximate surface area is 136 Å². The summed E-state index contributed by atoms with van der Waals surface area (Å²) < 4.78 is 41.0. The van der Waals surface area contributed by atoms with Crippen LogP contribution in [-0.4, -0.2) is 31.5 Å². The first-order valence-electron chi connectivity index (χ1n) is 7.30. The third kappa shape index (κ3) is 2.87. The van der Waals surface area contributed by atoms with E-state index in [4.69, 9.17) is 17.3 Å². The van der Waals surface area contributed by atoms with Gasteiger partial charge in [-0.05, 0) is 25.0 Å². The van der Waals surface area contributed by atoms with Crippen molar-refractivity contribution in [3.05, 3.63) is 28.8 Å². The monoisotopic (exact) mass is 348 g/mol. The average molecular weight is 349 g/mol. The Hall–Kier alpha value is -1.47. The van der Waals surface area contributed by atoms with E-state index in [1.165, 1.54) is 0 Å². The quantitative estimate of drug-likeness (QED) is 0.674. The van der Waals surface area contributed by atoms with E-state index in [-0.39, 0.29) is 12.0 Å². The fourth-order valence-corrected chi connectivity index (χ4v) is 3.83. The predicted octanol–water partition coefficient (Wildman–Crippen LogP) is 2.97. The van der Waals surface area contributed by atoms with Gasteiger partial charge in [-0.1, -0.05) is 24.1 Å². The number of fused-ring (bicyclic) bond motifs is 2. The molecule has 0 aromatic heterocycles. The zero-order valence-electron chi connectivity index (χ0n) is 12.2. The number of esters is 1. The van der Waals surface area contributed by atoms with Crippen molar-refractivity contribution in [2.75, 3.05) is 18.0 Å². The van der Waals surface area contributed by atoms with Crippen molar-refractivity contribution in [2.45, 2.75) is 37.1 Å². The van der Waals surface area contributed by atoms with Crippen molar-refractivity contribution in [3.63, 3.8) is 0 Å². The molecule has 1 aromatic carbocycles. The summed E-state index contributed by atoms with van der Waals surface area (Å²) in [6, 6.07) is 5.47. The highest BCUT2D eigenvalue weighted by Gasteiger charge is 2.49. The molecule has 0 saturated heterocycles. The first-order chi connectivity index (χ1) is 10.7. The lowest BCUT2D eigenvalue weighted by atomic mass is 9.66. The Kier molecular flexibility index (Phi) is 3.96. The molecule has 1 atom stereocenters. The number of hydrogen-bond donors (Lipinski definition) is 1. The van der Waals surface area contributed by atoms with Gasteiger partial charge in [-0.3, -0.25) is 5.73 Å². The molecular weight excluding hydrogens is 333 g/mol. The maximum absolute atomic E-state index is 12.2. The molecule has 2 aliphatic rings. The zero-order chi connectivity index (χ0) is 16.8. The Bertz CT molecular complexity index is 632. The number of carbonyl (C=O) groups excluding carboxylic acids is 1. The molecule has 1 saturated carbocycles. The minimum atomic E-state index is -5.04. The van der Waals surface area contributed by atoms with Crippen LogP contribution in [0.25, 0.3) is 0 Å². The van der Waals surface area contributed by atoms with Crippen LogP contribution in [-0.2, 0) is 14.9 Å². The van der Waals surface area contributed by atoms with Gasteiger partial charge >= 0.3 is 12.1 Å². The fraction of sp³-hybridized carbons (Fsp3) is 0.533. The number of benzene rings is 1. The lowest BCUT2D eigenvalue weighted by Crippen LogP contribution is -2.45. The van der Waals surface area contributed by atoms with Gasteiger partial charge in [0.2, 0.25) is 0 Å². The fourth-order valence-electron chi connectivity index (χ4n) is 3.46. The summed E-state index contributed by atoms with van der Waals surface area (Å²) in [6.45, 7) is 0.625. The molecule has 0 radical (unpaired) electrons. The van der Waals surface area contributed by atoms with E-state index in [9.17, 15) is 18.0 Å². The minimum Gasteiger partial charge on any atom is -0.438 e. The number of nitrogens with zero attached hydrogens (tertiary/aromatic N) is 1. The summed E-state index contributed by atoms with van der Waals surface area (Å²) in [5, 5.41) is 0.658. The van der Waals surface area contributed by atoms with Crippen molar-refractivity contribution >= 4 is 23.3 Å². The summed E-state index contributed by atoms with van der Waals surface area (Å²) in [5.74, 6) is -2.27. The van der Waals surface area contributed by atoms with Crippen LogP contribution in [0.15, 0.2) is 18.2 Å². The summed E-state index contributed by atoms with van der Waals surface area (Å²) in [4.78, 5) is 12.7. The average Bonchev–Trinajstić information content (AvgIpc) is 2.74. The van der Waals surface area contributed by atoms with E-state index in [0.29, 0.717) is 11.6 Å². The van der Waals surface area contributed by atoms with Gasteiger partial charge in [0.1, 0.15) is 0 Å². The van der Waals surface area contributed by atoms with Crippen molar-refractivity contribution in [2.24, 2.45) is 5.73 Å². The molecule has 1 spiro atoms. The molecular formula is C15H16ClF3N2O2. The smallest absolute Gasteiger partial charge is 0.438 e. The van der Waals surface area contributed by atoms with Gasteiger partial charge in [0.25, 0.3) is 0 Å². The number of carbonyl (C=O) groups is 1. The third-order valence-electron chi connectivity index (χ3n) is 4.56. The maximum Gasteiger partial charge on any atom is 0.490 e. The first-order valence-corrected chi connectivity index (χ1v) is 7.68. The van der Waals surface area contributed by atoms with Crippen LogP contribution in [0.5, 0.6) is 0 Å². The first kappa shape index (κ1) is 16.4. The predicted molar refractivity (Wildman–Crippen MR) is 79.3 cm³/mol. The van der Waals surface area contributed by atoms with E-state index in [2.05, 4.69) is 4.74 Å². The van der Waals surface area contributed by atoms with Crippen LogP contribution in [0.1, 0.15) is 24.8 Å². The molecule has 23 heavy (non-hydrogen) atoms. The van der Waals surface area contributed by atoms with Crippen LogP contribution in [0, 0.1) is 0 Å². The number of alkyl halides is 3. The second kappa shape index (κ2) is 5.56. The molecule has 1 heterocycles. The van der Waals surface area contributed by atoms with Gasteiger partial charge in [0.05, 0.1) is 6.54 Å². The lowest BCUT2D eigenvalue weighted by molar-refractivity contribution is -0.204. The minimum absolute atomic E-state index is 0.00306. The molecule has 126 valence electrons. The molecule has 4 nitrogen and oxygen atoms in total. The van der Waals surface area contributed by atoms with Gasteiger partial charge in [-0.2, -0.15) is 13.2 Å². The second-order valence-electron chi connectivity index (χ2n) is 6.09. The highest BCUT2D eigenvalue weighted by molar-refractivity contribution is 6.32. The number of hydrogen-bond acceptors (Lipinski definition) is 4.